The number of benzene rings is 2. The second-order valence-corrected chi connectivity index (χ2v) is 8.44. The minimum Gasteiger partial charge on any atom is -0.484 e. The van der Waals surface area contributed by atoms with Gasteiger partial charge in [0.25, 0.3) is 5.91 Å². The molecule has 7 heteroatoms. The molecule has 0 aliphatic rings. The number of halogens is 1. The lowest BCUT2D eigenvalue weighted by Crippen LogP contribution is -2.20. The first-order valence-corrected chi connectivity index (χ1v) is 9.30. The van der Waals surface area contributed by atoms with Crippen molar-refractivity contribution in [2.24, 2.45) is 0 Å². The van der Waals surface area contributed by atoms with Crippen LogP contribution in [0.2, 0.25) is 5.02 Å². The van der Waals surface area contributed by atoms with Crippen LogP contribution >= 0.6 is 22.9 Å². The largest absolute Gasteiger partial charge is 0.484 e. The molecule has 0 saturated carbocycles. The lowest BCUT2D eigenvalue weighted by molar-refractivity contribution is -0.118. The van der Waals surface area contributed by atoms with Gasteiger partial charge in [-0.25, -0.2) is 4.98 Å². The van der Waals surface area contributed by atoms with Crippen molar-refractivity contribution < 1.29 is 9.53 Å². The van der Waals surface area contributed by atoms with Crippen LogP contribution in [0.4, 0.5) is 10.8 Å². The second kappa shape index (κ2) is 7.13. The minimum absolute atomic E-state index is 0.0772. The highest BCUT2D eigenvalue weighted by Gasteiger charge is 2.14. The standard InChI is InChI=1S/C19H20ClN3O2S/c1-19(2,3)11-4-6-13(7-5-11)25-10-16(24)22-12-8-14(20)17-15(9-12)26-18(21)23-17/h4-9H,10H2,1-3H3,(H2,21,23)(H,22,24). The number of nitrogens with two attached hydrogens (primary N) is 1. The number of anilines is 2. The number of hydrogen-bond acceptors (Lipinski definition) is 5. The Morgan fingerprint density at radius 1 is 1.27 bits per heavy atom. The molecule has 0 radical (unpaired) electrons. The maximum absolute atomic E-state index is 12.1. The molecule has 0 bridgehead atoms. The van der Waals surface area contributed by atoms with Crippen LogP contribution in [0.15, 0.2) is 36.4 Å². The molecule has 3 aromatic rings. The van der Waals surface area contributed by atoms with E-state index in [1.54, 1.807) is 12.1 Å². The Morgan fingerprint density at radius 3 is 2.62 bits per heavy atom. The van der Waals surface area contributed by atoms with Gasteiger partial charge in [-0.15, -0.1) is 0 Å². The molecule has 0 atom stereocenters. The number of nitrogen functional groups attached to an aromatic ring is 1. The van der Waals surface area contributed by atoms with Gasteiger partial charge in [-0.05, 0) is 35.2 Å². The van der Waals surface area contributed by atoms with Crippen molar-refractivity contribution >= 4 is 49.9 Å². The quantitative estimate of drug-likeness (QED) is 0.668. The Balaban J connectivity index is 1.62. The Bertz CT molecular complexity index is 946. The molecule has 0 aliphatic heterocycles. The third kappa shape index (κ3) is 4.26. The maximum atomic E-state index is 12.1. The summed E-state index contributed by atoms with van der Waals surface area (Å²) in [7, 11) is 0. The van der Waals surface area contributed by atoms with E-state index >= 15 is 0 Å². The summed E-state index contributed by atoms with van der Waals surface area (Å²) in [5.74, 6) is 0.384. The molecule has 0 aliphatic carbocycles. The molecule has 1 aromatic heterocycles. The Morgan fingerprint density at radius 2 is 1.96 bits per heavy atom. The summed E-state index contributed by atoms with van der Waals surface area (Å²) in [5.41, 5.74) is 8.22. The van der Waals surface area contributed by atoms with Gasteiger partial charge in [0, 0.05) is 5.69 Å². The zero-order valence-electron chi connectivity index (χ0n) is 14.8. The van der Waals surface area contributed by atoms with Gasteiger partial charge in [0.2, 0.25) is 0 Å². The average molecular weight is 390 g/mol. The molecule has 3 rings (SSSR count). The first kappa shape index (κ1) is 18.5. The van der Waals surface area contributed by atoms with Crippen molar-refractivity contribution in [2.75, 3.05) is 17.7 Å². The second-order valence-electron chi connectivity index (χ2n) is 6.97. The predicted octanol–water partition coefficient (Wildman–Crippen LogP) is 4.85. The molecule has 26 heavy (non-hydrogen) atoms. The van der Waals surface area contributed by atoms with Gasteiger partial charge >= 0.3 is 0 Å². The SMILES string of the molecule is CC(C)(C)c1ccc(OCC(=O)Nc2cc(Cl)c3nc(N)sc3c2)cc1. The van der Waals surface area contributed by atoms with E-state index in [0.29, 0.717) is 27.1 Å². The molecule has 1 heterocycles. The fourth-order valence-electron chi connectivity index (χ4n) is 2.48. The summed E-state index contributed by atoms with van der Waals surface area (Å²) in [6.45, 7) is 6.36. The maximum Gasteiger partial charge on any atom is 0.262 e. The van der Waals surface area contributed by atoms with Crippen LogP contribution < -0.4 is 15.8 Å². The van der Waals surface area contributed by atoms with Crippen molar-refractivity contribution in [3.63, 3.8) is 0 Å². The van der Waals surface area contributed by atoms with Crippen molar-refractivity contribution in [1.82, 2.24) is 4.98 Å². The number of amides is 1. The third-order valence-corrected chi connectivity index (χ3v) is 4.96. The zero-order valence-corrected chi connectivity index (χ0v) is 16.4. The number of aromatic nitrogens is 1. The monoisotopic (exact) mass is 389 g/mol. The van der Waals surface area contributed by atoms with Crippen LogP contribution in [-0.4, -0.2) is 17.5 Å². The fraction of sp³-hybridized carbons (Fsp3) is 0.263. The van der Waals surface area contributed by atoms with E-state index in [4.69, 9.17) is 22.1 Å². The Labute approximate surface area is 161 Å². The van der Waals surface area contributed by atoms with E-state index in [-0.39, 0.29) is 17.9 Å². The van der Waals surface area contributed by atoms with Crippen LogP contribution in [0.5, 0.6) is 5.75 Å². The van der Waals surface area contributed by atoms with Crippen molar-refractivity contribution in [1.29, 1.82) is 0 Å². The van der Waals surface area contributed by atoms with E-state index < -0.39 is 0 Å². The number of hydrogen-bond donors (Lipinski definition) is 2. The number of fused-ring (bicyclic) bond motifs is 1. The Hall–Kier alpha value is -2.31. The number of carbonyl (C=O) groups excluding carboxylic acids is 1. The first-order chi connectivity index (χ1) is 12.2. The molecule has 1 amide bonds. The molecule has 3 N–H and O–H groups in total. The lowest BCUT2D eigenvalue weighted by atomic mass is 9.87. The fourth-order valence-corrected chi connectivity index (χ4v) is 3.59. The number of nitrogens with zero attached hydrogens (tertiary/aromatic N) is 1. The van der Waals surface area contributed by atoms with E-state index in [1.165, 1.54) is 16.9 Å². The van der Waals surface area contributed by atoms with Crippen LogP contribution in [0, 0.1) is 0 Å². The summed E-state index contributed by atoms with van der Waals surface area (Å²) >= 11 is 7.51. The normalized spacial score (nSPS) is 11.5. The summed E-state index contributed by atoms with van der Waals surface area (Å²) in [6, 6.07) is 11.2. The summed E-state index contributed by atoms with van der Waals surface area (Å²) in [4.78, 5) is 16.3. The topological polar surface area (TPSA) is 77.2 Å². The zero-order chi connectivity index (χ0) is 18.9. The van der Waals surface area contributed by atoms with Crippen LogP contribution in [0.1, 0.15) is 26.3 Å². The van der Waals surface area contributed by atoms with Crippen molar-refractivity contribution in [3.8, 4) is 5.75 Å². The van der Waals surface area contributed by atoms with E-state index in [2.05, 4.69) is 31.1 Å². The molecule has 5 nitrogen and oxygen atoms in total. The van der Waals surface area contributed by atoms with Gasteiger partial charge in [0.1, 0.15) is 11.3 Å². The smallest absolute Gasteiger partial charge is 0.262 e. The summed E-state index contributed by atoms with van der Waals surface area (Å²) in [5, 5.41) is 3.67. The molecule has 0 spiro atoms. The average Bonchev–Trinajstić information content (AvgIpc) is 2.93. The van der Waals surface area contributed by atoms with Crippen molar-refractivity contribution in [2.45, 2.75) is 26.2 Å². The highest BCUT2D eigenvalue weighted by atomic mass is 35.5. The van der Waals surface area contributed by atoms with E-state index in [9.17, 15) is 4.79 Å². The number of rotatable bonds is 4. The molecule has 2 aromatic carbocycles. The van der Waals surface area contributed by atoms with Crippen molar-refractivity contribution in [3.05, 3.63) is 47.0 Å². The van der Waals surface area contributed by atoms with Gasteiger partial charge in [-0.1, -0.05) is 55.8 Å². The molecular weight excluding hydrogens is 370 g/mol. The van der Waals surface area contributed by atoms with E-state index in [0.717, 1.165) is 4.70 Å². The van der Waals surface area contributed by atoms with Gasteiger partial charge < -0.3 is 15.8 Å². The molecular formula is C19H20ClN3O2S. The van der Waals surface area contributed by atoms with Gasteiger partial charge in [0.15, 0.2) is 11.7 Å². The number of carbonyl (C=O) groups is 1. The molecule has 0 fully saturated rings. The molecule has 136 valence electrons. The number of nitrogens with one attached hydrogen (secondary N) is 1. The van der Waals surface area contributed by atoms with Crippen LogP contribution in [0.25, 0.3) is 10.2 Å². The minimum atomic E-state index is -0.266. The van der Waals surface area contributed by atoms with Crippen LogP contribution in [0.3, 0.4) is 0 Å². The third-order valence-electron chi connectivity index (χ3n) is 3.84. The lowest BCUT2D eigenvalue weighted by Gasteiger charge is -2.19. The molecule has 0 saturated heterocycles. The highest BCUT2D eigenvalue weighted by Crippen LogP contribution is 2.32. The summed E-state index contributed by atoms with van der Waals surface area (Å²) in [6.07, 6.45) is 0. The van der Waals surface area contributed by atoms with E-state index in [1.807, 2.05) is 24.3 Å². The number of thiazole rings is 1. The van der Waals surface area contributed by atoms with Gasteiger partial charge in [0.05, 0.1) is 9.72 Å². The van der Waals surface area contributed by atoms with Gasteiger partial charge in [-0.2, -0.15) is 0 Å². The van der Waals surface area contributed by atoms with Crippen LogP contribution in [-0.2, 0) is 10.2 Å². The number of ether oxygens (including phenoxy) is 1. The predicted molar refractivity (Wildman–Crippen MR) is 108 cm³/mol. The van der Waals surface area contributed by atoms with Gasteiger partial charge in [-0.3, -0.25) is 4.79 Å². The molecule has 0 unspecified atom stereocenters. The Kier molecular flexibility index (Phi) is 5.07. The highest BCUT2D eigenvalue weighted by molar-refractivity contribution is 7.22. The first-order valence-electron chi connectivity index (χ1n) is 8.11. The summed E-state index contributed by atoms with van der Waals surface area (Å²) < 4.78 is 6.38.